The summed E-state index contributed by atoms with van der Waals surface area (Å²) in [5.41, 5.74) is 2.18. The van der Waals surface area contributed by atoms with Gasteiger partial charge in [-0.2, -0.15) is 0 Å². The second-order valence-electron chi connectivity index (χ2n) is 7.45. The third kappa shape index (κ3) is 5.90. The highest BCUT2D eigenvalue weighted by Gasteiger charge is 2.22. The van der Waals surface area contributed by atoms with Crippen LogP contribution >= 0.6 is 0 Å². The average Bonchev–Trinajstić information content (AvgIpc) is 3.30. The molecule has 1 aromatic heterocycles. The Balaban J connectivity index is 1.38. The quantitative estimate of drug-likeness (QED) is 0.388. The molecule has 0 aliphatic carbocycles. The molecule has 1 heterocycles. The first kappa shape index (κ1) is 22.4. The molecule has 0 saturated heterocycles. The number of carbonyl (C=O) groups excluding carboxylic acids is 1. The summed E-state index contributed by atoms with van der Waals surface area (Å²) in [6.07, 6.45) is 1.33. The molecule has 6 nitrogen and oxygen atoms in total. The smallest absolute Gasteiger partial charge is 0.287 e. The van der Waals surface area contributed by atoms with Gasteiger partial charge in [0, 0.05) is 12.1 Å². The fourth-order valence-corrected chi connectivity index (χ4v) is 4.72. The molecular formula is C26H23NO5S. The Kier molecular flexibility index (Phi) is 6.90. The maximum Gasteiger partial charge on any atom is 0.287 e. The minimum absolute atomic E-state index is 0.00179. The zero-order valence-corrected chi connectivity index (χ0v) is 18.6. The van der Waals surface area contributed by atoms with E-state index in [9.17, 15) is 13.2 Å². The van der Waals surface area contributed by atoms with E-state index < -0.39 is 15.7 Å². The highest BCUT2D eigenvalue weighted by molar-refractivity contribution is 7.90. The SMILES string of the molecule is O=C(NCc1cccc(COc2ccccc2)c1)c1occc1CS(=O)(=O)c1ccccc1. The third-order valence-electron chi connectivity index (χ3n) is 4.99. The molecule has 0 aliphatic rings. The van der Waals surface area contributed by atoms with E-state index in [1.807, 2.05) is 54.6 Å². The molecule has 1 amide bonds. The Morgan fingerprint density at radius 3 is 2.30 bits per heavy atom. The highest BCUT2D eigenvalue weighted by Crippen LogP contribution is 2.20. The van der Waals surface area contributed by atoms with Gasteiger partial charge >= 0.3 is 0 Å². The molecule has 4 rings (SSSR count). The van der Waals surface area contributed by atoms with Crippen LogP contribution in [0.4, 0.5) is 0 Å². The van der Waals surface area contributed by atoms with Crippen molar-refractivity contribution in [2.45, 2.75) is 23.8 Å². The molecular weight excluding hydrogens is 438 g/mol. The van der Waals surface area contributed by atoms with Crippen molar-refractivity contribution in [2.75, 3.05) is 0 Å². The summed E-state index contributed by atoms with van der Waals surface area (Å²) < 4.78 is 36.4. The van der Waals surface area contributed by atoms with Crippen molar-refractivity contribution in [2.24, 2.45) is 0 Å². The molecule has 0 unspecified atom stereocenters. The molecule has 3 aromatic carbocycles. The van der Waals surface area contributed by atoms with Crippen LogP contribution in [0.15, 0.2) is 107 Å². The lowest BCUT2D eigenvalue weighted by molar-refractivity contribution is 0.0922. The first-order valence-corrected chi connectivity index (χ1v) is 12.0. The van der Waals surface area contributed by atoms with Gasteiger partial charge < -0.3 is 14.5 Å². The summed E-state index contributed by atoms with van der Waals surface area (Å²) in [4.78, 5) is 12.9. The zero-order chi connectivity index (χ0) is 23.1. The van der Waals surface area contributed by atoms with Crippen molar-refractivity contribution in [3.8, 4) is 5.75 Å². The lowest BCUT2D eigenvalue weighted by Crippen LogP contribution is -2.24. The van der Waals surface area contributed by atoms with Crippen LogP contribution in [0.3, 0.4) is 0 Å². The summed E-state index contributed by atoms with van der Waals surface area (Å²) in [6, 6.07) is 26.9. The molecule has 0 atom stereocenters. The maximum absolute atomic E-state index is 12.7. The summed E-state index contributed by atoms with van der Waals surface area (Å²) in [7, 11) is -3.60. The fraction of sp³-hybridized carbons (Fsp3) is 0.115. The van der Waals surface area contributed by atoms with Crippen molar-refractivity contribution in [3.63, 3.8) is 0 Å². The van der Waals surface area contributed by atoms with Crippen molar-refractivity contribution >= 4 is 15.7 Å². The maximum atomic E-state index is 12.7. The molecule has 0 spiro atoms. The Bertz CT molecular complexity index is 1320. The van der Waals surface area contributed by atoms with E-state index in [1.54, 1.807) is 18.2 Å². The van der Waals surface area contributed by atoms with Crippen molar-refractivity contribution in [3.05, 3.63) is 120 Å². The van der Waals surface area contributed by atoms with E-state index in [1.165, 1.54) is 24.5 Å². The van der Waals surface area contributed by atoms with E-state index >= 15 is 0 Å². The minimum atomic E-state index is -3.60. The molecule has 4 aromatic rings. The number of nitrogens with one attached hydrogen (secondary N) is 1. The second-order valence-corrected chi connectivity index (χ2v) is 9.44. The molecule has 7 heteroatoms. The number of carbonyl (C=O) groups is 1. The number of hydrogen-bond acceptors (Lipinski definition) is 5. The van der Waals surface area contributed by atoms with Crippen LogP contribution in [0.5, 0.6) is 5.75 Å². The van der Waals surface area contributed by atoms with E-state index in [4.69, 9.17) is 9.15 Å². The van der Waals surface area contributed by atoms with Gasteiger partial charge in [-0.3, -0.25) is 4.79 Å². The van der Waals surface area contributed by atoms with Crippen LogP contribution in [0.2, 0.25) is 0 Å². The summed E-state index contributed by atoms with van der Waals surface area (Å²) in [6.45, 7) is 0.676. The first-order chi connectivity index (χ1) is 16.0. The number of sulfone groups is 1. The Morgan fingerprint density at radius 2 is 1.55 bits per heavy atom. The van der Waals surface area contributed by atoms with Crippen LogP contribution in [0.25, 0.3) is 0 Å². The number of ether oxygens (including phenoxy) is 1. The van der Waals surface area contributed by atoms with Crippen LogP contribution in [0.1, 0.15) is 27.2 Å². The number of benzene rings is 3. The van der Waals surface area contributed by atoms with E-state index in [-0.39, 0.29) is 23.0 Å². The van der Waals surface area contributed by atoms with E-state index in [0.29, 0.717) is 12.2 Å². The van der Waals surface area contributed by atoms with Gasteiger partial charge in [-0.1, -0.05) is 60.7 Å². The molecule has 33 heavy (non-hydrogen) atoms. The molecule has 0 aliphatic heterocycles. The number of hydrogen-bond donors (Lipinski definition) is 1. The lowest BCUT2D eigenvalue weighted by Gasteiger charge is -2.09. The van der Waals surface area contributed by atoms with Gasteiger partial charge in [0.25, 0.3) is 5.91 Å². The van der Waals surface area contributed by atoms with Crippen LogP contribution in [-0.2, 0) is 28.7 Å². The van der Waals surface area contributed by atoms with Crippen molar-refractivity contribution < 1.29 is 22.4 Å². The first-order valence-electron chi connectivity index (χ1n) is 10.4. The zero-order valence-electron chi connectivity index (χ0n) is 17.8. The molecule has 0 fully saturated rings. The van der Waals surface area contributed by atoms with Crippen molar-refractivity contribution in [1.82, 2.24) is 5.32 Å². The summed E-state index contributed by atoms with van der Waals surface area (Å²) in [5, 5.41) is 2.80. The highest BCUT2D eigenvalue weighted by atomic mass is 32.2. The van der Waals surface area contributed by atoms with Crippen LogP contribution in [0, 0.1) is 0 Å². The Hall–Kier alpha value is -3.84. The van der Waals surface area contributed by atoms with Gasteiger partial charge in [0.15, 0.2) is 15.6 Å². The van der Waals surface area contributed by atoms with E-state index in [0.717, 1.165) is 16.9 Å². The third-order valence-corrected chi connectivity index (χ3v) is 6.68. The van der Waals surface area contributed by atoms with E-state index in [2.05, 4.69) is 5.32 Å². The molecule has 0 bridgehead atoms. The standard InChI is InChI=1S/C26H23NO5S/c28-26(25-22(14-15-31-25)19-33(29,30)24-12-5-2-6-13-24)27-17-20-8-7-9-21(16-20)18-32-23-10-3-1-4-11-23/h1-16H,17-19H2,(H,27,28). The van der Waals surface area contributed by atoms with Crippen molar-refractivity contribution in [1.29, 1.82) is 0 Å². The summed E-state index contributed by atoms with van der Waals surface area (Å²) in [5.74, 6) is -0.00274. The van der Waals surface area contributed by atoms with Gasteiger partial charge in [0.1, 0.15) is 12.4 Å². The van der Waals surface area contributed by atoms with Gasteiger partial charge in [-0.15, -0.1) is 0 Å². The summed E-state index contributed by atoms with van der Waals surface area (Å²) >= 11 is 0. The predicted octanol–water partition coefficient (Wildman–Crippen LogP) is 4.76. The fourth-order valence-electron chi connectivity index (χ4n) is 3.34. The van der Waals surface area contributed by atoms with Gasteiger partial charge in [-0.25, -0.2) is 8.42 Å². The molecule has 1 N–H and O–H groups in total. The number of amides is 1. The monoisotopic (exact) mass is 461 g/mol. The molecule has 0 saturated carbocycles. The largest absolute Gasteiger partial charge is 0.489 e. The van der Waals surface area contributed by atoms with Crippen LogP contribution < -0.4 is 10.1 Å². The predicted molar refractivity (Wildman–Crippen MR) is 124 cm³/mol. The normalized spacial score (nSPS) is 11.2. The number of para-hydroxylation sites is 1. The second kappa shape index (κ2) is 10.2. The topological polar surface area (TPSA) is 85.6 Å². The molecule has 168 valence electrons. The number of rotatable bonds is 9. The minimum Gasteiger partial charge on any atom is -0.489 e. The lowest BCUT2D eigenvalue weighted by atomic mass is 10.1. The molecule has 0 radical (unpaired) electrons. The number of furan rings is 1. The van der Waals surface area contributed by atoms with Gasteiger partial charge in [0.05, 0.1) is 16.9 Å². The van der Waals surface area contributed by atoms with Gasteiger partial charge in [-0.05, 0) is 41.5 Å². The Morgan fingerprint density at radius 1 is 0.848 bits per heavy atom. The van der Waals surface area contributed by atoms with Gasteiger partial charge in [0.2, 0.25) is 0 Å². The van der Waals surface area contributed by atoms with Crippen LogP contribution in [-0.4, -0.2) is 14.3 Å². The Labute approximate surface area is 192 Å². The average molecular weight is 462 g/mol.